The Morgan fingerprint density at radius 3 is 2.55 bits per heavy atom. The van der Waals surface area contributed by atoms with E-state index in [9.17, 15) is 8.78 Å². The van der Waals surface area contributed by atoms with Crippen molar-refractivity contribution in [1.29, 1.82) is 0 Å². The summed E-state index contributed by atoms with van der Waals surface area (Å²) in [6, 6.07) is 6.48. The predicted molar refractivity (Wildman–Crippen MR) is 76.4 cm³/mol. The van der Waals surface area contributed by atoms with Crippen LogP contribution in [0.15, 0.2) is 34.3 Å². The molecule has 20 heavy (non-hydrogen) atoms. The fourth-order valence-electron chi connectivity index (χ4n) is 1.75. The van der Waals surface area contributed by atoms with E-state index in [-0.39, 0.29) is 6.67 Å². The molecule has 1 aromatic rings. The maximum Gasteiger partial charge on any atom is 0.101 e. The highest BCUT2D eigenvalue weighted by Gasteiger charge is 2.21. The molecule has 0 saturated heterocycles. The van der Waals surface area contributed by atoms with Gasteiger partial charge in [-0.3, -0.25) is 8.78 Å². The first-order valence-electron chi connectivity index (χ1n) is 6.18. The monoisotopic (exact) mass is 301 g/mol. The summed E-state index contributed by atoms with van der Waals surface area (Å²) >= 11 is 1.56. The number of nitrogens with zero attached hydrogens (tertiary/aromatic N) is 3. The third-order valence-electron chi connectivity index (χ3n) is 2.72. The molecule has 0 aliphatic heterocycles. The minimum absolute atomic E-state index is 0.318. The molecule has 0 spiro atoms. The van der Waals surface area contributed by atoms with Crippen LogP contribution in [0.3, 0.4) is 0 Å². The summed E-state index contributed by atoms with van der Waals surface area (Å²) in [4.78, 5) is 3.65. The minimum atomic E-state index is -0.880. The molecule has 0 radical (unpaired) electrons. The molecule has 0 fully saturated rings. The molecule has 1 aromatic carbocycles. The van der Waals surface area contributed by atoms with Crippen LogP contribution < -0.4 is 0 Å². The fraction of sp³-hybridized carbons (Fsp3) is 0.538. The number of alkyl halides is 2. The number of thioether (sulfide) groups is 1. The van der Waals surface area contributed by atoms with Crippen LogP contribution in [0, 0.1) is 0 Å². The lowest BCUT2D eigenvalue weighted by molar-refractivity contribution is 0.0721. The van der Waals surface area contributed by atoms with Crippen molar-refractivity contribution in [1.82, 2.24) is 0 Å². The number of halogens is 2. The van der Waals surface area contributed by atoms with Crippen LogP contribution in [0.2, 0.25) is 0 Å². The maximum absolute atomic E-state index is 12.9. The number of ether oxygens (including phenoxy) is 1. The van der Waals surface area contributed by atoms with Gasteiger partial charge in [0.1, 0.15) is 6.67 Å². The summed E-state index contributed by atoms with van der Waals surface area (Å²) in [5.41, 5.74) is 9.17. The number of hydrogen-bond acceptors (Lipinski definition) is 3. The van der Waals surface area contributed by atoms with Crippen molar-refractivity contribution in [3.8, 4) is 0 Å². The molecule has 0 aliphatic rings. The Morgan fingerprint density at radius 2 is 2.05 bits per heavy atom. The molecule has 1 unspecified atom stereocenters. The minimum Gasteiger partial charge on any atom is -0.376 e. The first-order valence-corrected chi connectivity index (χ1v) is 7.17. The number of methoxy groups -OCH3 is 1. The summed E-state index contributed by atoms with van der Waals surface area (Å²) in [5.74, 6) is 0.718. The van der Waals surface area contributed by atoms with Gasteiger partial charge in [0.05, 0.1) is 18.8 Å². The SMILES string of the molecule is CO[C@H](c1ccc(SCCCF)cc1)C(CF)N=[N+]=[N-]. The molecule has 0 aromatic heterocycles. The van der Waals surface area contributed by atoms with Crippen molar-refractivity contribution in [2.75, 3.05) is 26.2 Å². The van der Waals surface area contributed by atoms with Gasteiger partial charge in [0.15, 0.2) is 0 Å². The molecule has 4 nitrogen and oxygen atoms in total. The zero-order valence-electron chi connectivity index (χ0n) is 11.2. The third kappa shape index (κ3) is 5.00. The topological polar surface area (TPSA) is 58.0 Å². The summed E-state index contributed by atoms with van der Waals surface area (Å²) < 4.78 is 30.1. The molecular weight excluding hydrogens is 284 g/mol. The van der Waals surface area contributed by atoms with Crippen LogP contribution >= 0.6 is 11.8 Å². The van der Waals surface area contributed by atoms with Crippen LogP contribution in [0.25, 0.3) is 10.4 Å². The number of benzene rings is 1. The van der Waals surface area contributed by atoms with Gasteiger partial charge < -0.3 is 4.74 Å². The first kappa shape index (κ1) is 16.8. The van der Waals surface area contributed by atoms with E-state index in [0.29, 0.717) is 6.42 Å². The third-order valence-corrected chi connectivity index (χ3v) is 3.82. The second kappa shape index (κ2) is 9.58. The van der Waals surface area contributed by atoms with Gasteiger partial charge in [-0.15, -0.1) is 11.8 Å². The Kier molecular flexibility index (Phi) is 8.02. The first-order chi connectivity index (χ1) is 9.76. The van der Waals surface area contributed by atoms with Crippen molar-refractivity contribution in [2.45, 2.75) is 23.5 Å². The molecule has 7 heteroatoms. The molecule has 1 rings (SSSR count). The Hall–Kier alpha value is -1.30. The molecule has 110 valence electrons. The van der Waals surface area contributed by atoms with Crippen molar-refractivity contribution in [2.24, 2.45) is 5.11 Å². The Balaban J connectivity index is 2.76. The molecular formula is C13H17F2N3OS. The zero-order valence-corrected chi connectivity index (χ0v) is 12.0. The van der Waals surface area contributed by atoms with Gasteiger partial charge in [0.25, 0.3) is 0 Å². The van der Waals surface area contributed by atoms with Gasteiger partial charge >= 0.3 is 0 Å². The number of hydrogen-bond donors (Lipinski definition) is 0. The second-order valence-electron chi connectivity index (χ2n) is 4.04. The van der Waals surface area contributed by atoms with E-state index < -0.39 is 18.8 Å². The Bertz CT molecular complexity index is 438. The van der Waals surface area contributed by atoms with Gasteiger partial charge in [-0.2, -0.15) is 0 Å². The highest BCUT2D eigenvalue weighted by molar-refractivity contribution is 7.99. The van der Waals surface area contributed by atoms with Gasteiger partial charge in [0.2, 0.25) is 0 Å². The molecule has 0 aliphatic carbocycles. The normalized spacial score (nSPS) is 13.6. The van der Waals surface area contributed by atoms with Crippen molar-refractivity contribution in [3.05, 3.63) is 40.3 Å². The van der Waals surface area contributed by atoms with Crippen molar-refractivity contribution >= 4 is 11.8 Å². The summed E-state index contributed by atoms with van der Waals surface area (Å²) in [5, 5.41) is 3.41. The van der Waals surface area contributed by atoms with E-state index in [1.54, 1.807) is 11.8 Å². The molecule has 0 N–H and O–H groups in total. The second-order valence-corrected chi connectivity index (χ2v) is 5.21. The van der Waals surface area contributed by atoms with E-state index in [2.05, 4.69) is 10.0 Å². The summed E-state index contributed by atoms with van der Waals surface area (Å²) in [7, 11) is 1.45. The fourth-order valence-corrected chi connectivity index (χ4v) is 2.57. The van der Waals surface area contributed by atoms with Crippen LogP contribution in [0.5, 0.6) is 0 Å². The Morgan fingerprint density at radius 1 is 1.35 bits per heavy atom. The molecule has 0 saturated carbocycles. The van der Waals surface area contributed by atoms with Gasteiger partial charge in [-0.1, -0.05) is 17.2 Å². The quantitative estimate of drug-likeness (QED) is 0.222. The standard InChI is InChI=1S/C13H17F2N3OS/c1-19-13(12(9-15)17-18-16)10-3-5-11(6-4-10)20-8-2-7-14/h3-6,12-13H,2,7-9H2,1H3/t12?,13-/m1/s1. The van der Waals surface area contributed by atoms with E-state index in [1.807, 2.05) is 24.3 Å². The average molecular weight is 301 g/mol. The van der Waals surface area contributed by atoms with Crippen molar-refractivity contribution in [3.63, 3.8) is 0 Å². The largest absolute Gasteiger partial charge is 0.376 e. The maximum atomic E-state index is 12.9. The van der Waals surface area contributed by atoms with E-state index in [1.165, 1.54) is 7.11 Å². The highest BCUT2D eigenvalue weighted by atomic mass is 32.2. The van der Waals surface area contributed by atoms with Crippen LogP contribution in [-0.4, -0.2) is 32.3 Å². The van der Waals surface area contributed by atoms with Crippen LogP contribution in [-0.2, 0) is 4.74 Å². The lowest BCUT2D eigenvalue weighted by Gasteiger charge is -2.20. The van der Waals surface area contributed by atoms with E-state index in [4.69, 9.17) is 10.3 Å². The van der Waals surface area contributed by atoms with Crippen LogP contribution in [0.1, 0.15) is 18.1 Å². The lowest BCUT2D eigenvalue weighted by atomic mass is 10.0. The van der Waals surface area contributed by atoms with E-state index in [0.717, 1.165) is 16.2 Å². The Labute approximate surface area is 121 Å². The smallest absolute Gasteiger partial charge is 0.101 e. The lowest BCUT2D eigenvalue weighted by Crippen LogP contribution is -2.20. The molecule has 0 bridgehead atoms. The molecule has 2 atom stereocenters. The zero-order chi connectivity index (χ0) is 14.8. The summed E-state index contributed by atoms with van der Waals surface area (Å²) in [6.45, 7) is -1.10. The average Bonchev–Trinajstić information content (AvgIpc) is 2.49. The molecule has 0 amide bonds. The van der Waals surface area contributed by atoms with Gasteiger partial charge in [0, 0.05) is 22.7 Å². The van der Waals surface area contributed by atoms with Crippen molar-refractivity contribution < 1.29 is 13.5 Å². The number of azide groups is 1. The summed E-state index contributed by atoms with van der Waals surface area (Å²) in [6.07, 6.45) is -0.0886. The predicted octanol–water partition coefficient (Wildman–Crippen LogP) is 4.47. The number of rotatable bonds is 9. The molecule has 0 heterocycles. The highest BCUT2D eigenvalue weighted by Crippen LogP contribution is 2.26. The van der Waals surface area contributed by atoms with E-state index >= 15 is 0 Å². The van der Waals surface area contributed by atoms with Gasteiger partial charge in [-0.05, 0) is 29.6 Å². The van der Waals surface area contributed by atoms with Crippen LogP contribution in [0.4, 0.5) is 8.78 Å². The van der Waals surface area contributed by atoms with Gasteiger partial charge in [-0.25, -0.2) is 0 Å².